The van der Waals surface area contributed by atoms with Crippen molar-refractivity contribution in [1.29, 1.82) is 5.26 Å². The minimum absolute atomic E-state index is 0.573. The number of hydrogen-bond acceptors (Lipinski definition) is 5. The Morgan fingerprint density at radius 2 is 2.04 bits per heavy atom. The number of fused-ring (bicyclic) bond motifs is 2. The van der Waals surface area contributed by atoms with E-state index in [-0.39, 0.29) is 0 Å². The Balaban J connectivity index is 1.58. The molecule has 0 amide bonds. The second kappa shape index (κ2) is 6.45. The summed E-state index contributed by atoms with van der Waals surface area (Å²) in [5.41, 5.74) is 4.61. The zero-order valence-electron chi connectivity index (χ0n) is 15.1. The Hall–Kier alpha value is -2.75. The van der Waals surface area contributed by atoms with Crippen molar-refractivity contribution >= 4 is 32.5 Å². The van der Waals surface area contributed by atoms with Crippen LogP contribution in [0.15, 0.2) is 36.5 Å². The molecule has 0 atom stereocenters. The normalized spacial score (nSPS) is 15.4. The Labute approximate surface area is 161 Å². The molecule has 5 rings (SSSR count). The van der Waals surface area contributed by atoms with Crippen molar-refractivity contribution in [3.63, 3.8) is 0 Å². The van der Waals surface area contributed by atoms with Gasteiger partial charge in [0, 0.05) is 24.5 Å². The molecular weight excluding hydrogens is 354 g/mol. The lowest BCUT2D eigenvalue weighted by atomic mass is 9.99. The van der Waals surface area contributed by atoms with Crippen LogP contribution in [0.1, 0.15) is 29.3 Å². The number of hydrogen-bond donors (Lipinski definition) is 1. The fourth-order valence-electron chi connectivity index (χ4n) is 3.87. The van der Waals surface area contributed by atoms with Gasteiger partial charge in [-0.25, -0.2) is 4.98 Å². The quantitative estimate of drug-likeness (QED) is 0.572. The van der Waals surface area contributed by atoms with Gasteiger partial charge in [0.25, 0.3) is 0 Å². The molecule has 0 saturated carbocycles. The van der Waals surface area contributed by atoms with Gasteiger partial charge in [-0.2, -0.15) is 10.4 Å². The Bertz CT molecular complexity index is 1190. The predicted molar refractivity (Wildman–Crippen MR) is 109 cm³/mol. The SMILES string of the molecule is Cn1cc2cc(-c3ccc4nc(C5CCNCC5)sc4c3)cc(C#N)c2n1. The molecule has 4 aromatic rings. The Morgan fingerprint density at radius 1 is 1.19 bits per heavy atom. The summed E-state index contributed by atoms with van der Waals surface area (Å²) in [7, 11) is 1.88. The third-order valence-corrected chi connectivity index (χ3v) is 6.45. The minimum atomic E-state index is 0.573. The van der Waals surface area contributed by atoms with Gasteiger partial charge < -0.3 is 5.32 Å². The van der Waals surface area contributed by atoms with Crippen LogP contribution in [0.4, 0.5) is 0 Å². The van der Waals surface area contributed by atoms with Gasteiger partial charge in [-0.15, -0.1) is 11.3 Å². The summed E-state index contributed by atoms with van der Waals surface area (Å²) in [5, 5.41) is 19.6. The standard InChI is InChI=1S/C21H19N5S/c1-26-12-17-9-15(8-16(11-22)20(17)25-26)14-2-3-18-19(10-14)27-21(24-18)13-4-6-23-7-5-13/h2-3,8-10,12-13,23H,4-7H2,1H3. The molecule has 0 aliphatic carbocycles. The lowest BCUT2D eigenvalue weighted by molar-refractivity contribution is 0.459. The van der Waals surface area contributed by atoms with Crippen LogP contribution in [0.25, 0.3) is 32.2 Å². The number of nitriles is 1. The van der Waals surface area contributed by atoms with E-state index < -0.39 is 0 Å². The molecule has 0 spiro atoms. The Morgan fingerprint density at radius 3 is 2.85 bits per heavy atom. The average molecular weight is 373 g/mol. The smallest absolute Gasteiger partial charge is 0.110 e. The Kier molecular flexibility index (Phi) is 3.92. The maximum absolute atomic E-state index is 9.52. The molecule has 0 radical (unpaired) electrons. The summed E-state index contributed by atoms with van der Waals surface area (Å²) >= 11 is 1.81. The zero-order chi connectivity index (χ0) is 18.4. The highest BCUT2D eigenvalue weighted by Gasteiger charge is 2.19. The van der Waals surface area contributed by atoms with Crippen molar-refractivity contribution in [3.8, 4) is 17.2 Å². The van der Waals surface area contributed by atoms with E-state index in [0.717, 1.165) is 53.5 Å². The second-order valence-electron chi connectivity index (χ2n) is 7.14. The maximum Gasteiger partial charge on any atom is 0.110 e. The maximum atomic E-state index is 9.52. The first-order valence-electron chi connectivity index (χ1n) is 9.20. The van der Waals surface area contributed by atoms with Gasteiger partial charge in [0.05, 0.1) is 20.8 Å². The molecule has 134 valence electrons. The molecule has 1 aliphatic heterocycles. The van der Waals surface area contributed by atoms with Crippen molar-refractivity contribution in [3.05, 3.63) is 47.1 Å². The minimum Gasteiger partial charge on any atom is -0.317 e. The number of nitrogens with one attached hydrogen (secondary N) is 1. The number of piperidine rings is 1. The van der Waals surface area contributed by atoms with E-state index in [1.165, 1.54) is 9.71 Å². The van der Waals surface area contributed by atoms with Crippen LogP contribution in [0.3, 0.4) is 0 Å². The molecule has 1 aliphatic rings. The molecule has 3 heterocycles. The summed E-state index contributed by atoms with van der Waals surface area (Å²) in [4.78, 5) is 4.88. The van der Waals surface area contributed by atoms with Gasteiger partial charge in [-0.3, -0.25) is 4.68 Å². The van der Waals surface area contributed by atoms with Gasteiger partial charge in [-0.05, 0) is 61.3 Å². The molecule has 2 aromatic carbocycles. The highest BCUT2D eigenvalue weighted by atomic mass is 32.1. The first-order chi connectivity index (χ1) is 13.2. The van der Waals surface area contributed by atoms with E-state index in [1.54, 1.807) is 4.68 Å². The van der Waals surface area contributed by atoms with Gasteiger partial charge in [-0.1, -0.05) is 6.07 Å². The number of aromatic nitrogens is 3. The van der Waals surface area contributed by atoms with Crippen molar-refractivity contribution in [1.82, 2.24) is 20.1 Å². The molecule has 0 unspecified atom stereocenters. The molecule has 6 heteroatoms. The number of aryl methyl sites for hydroxylation is 1. The summed E-state index contributed by atoms with van der Waals surface area (Å²) in [6, 6.07) is 12.7. The summed E-state index contributed by atoms with van der Waals surface area (Å²) in [6.07, 6.45) is 4.28. The highest BCUT2D eigenvalue weighted by Crippen LogP contribution is 2.35. The van der Waals surface area contributed by atoms with Crippen molar-refractivity contribution < 1.29 is 0 Å². The summed E-state index contributed by atoms with van der Waals surface area (Å²) in [5.74, 6) is 0.573. The number of nitrogens with zero attached hydrogens (tertiary/aromatic N) is 4. The number of thiazole rings is 1. The summed E-state index contributed by atoms with van der Waals surface area (Å²) < 4.78 is 2.97. The first-order valence-corrected chi connectivity index (χ1v) is 10.0. The van der Waals surface area contributed by atoms with Crippen molar-refractivity contribution in [2.24, 2.45) is 7.05 Å². The largest absolute Gasteiger partial charge is 0.317 e. The molecule has 27 heavy (non-hydrogen) atoms. The van der Waals surface area contributed by atoms with Crippen molar-refractivity contribution in [2.75, 3.05) is 13.1 Å². The van der Waals surface area contributed by atoms with Crippen LogP contribution in [0.2, 0.25) is 0 Å². The van der Waals surface area contributed by atoms with Crippen LogP contribution in [0, 0.1) is 11.3 Å². The van der Waals surface area contributed by atoms with Crippen LogP contribution >= 0.6 is 11.3 Å². The third kappa shape index (κ3) is 2.89. The third-order valence-electron chi connectivity index (χ3n) is 5.27. The first kappa shape index (κ1) is 16.4. The lowest BCUT2D eigenvalue weighted by Crippen LogP contribution is -2.26. The molecular formula is C21H19N5S. The molecule has 2 aromatic heterocycles. The molecule has 1 fully saturated rings. The van der Waals surface area contributed by atoms with Crippen LogP contribution in [0.5, 0.6) is 0 Å². The van der Waals surface area contributed by atoms with Gasteiger partial charge in [0.1, 0.15) is 11.6 Å². The van der Waals surface area contributed by atoms with E-state index in [2.05, 4.69) is 40.8 Å². The van der Waals surface area contributed by atoms with Gasteiger partial charge in [0.2, 0.25) is 0 Å². The lowest BCUT2D eigenvalue weighted by Gasteiger charge is -2.20. The topological polar surface area (TPSA) is 66.5 Å². The van der Waals surface area contributed by atoms with Gasteiger partial charge in [0.15, 0.2) is 0 Å². The zero-order valence-corrected chi connectivity index (χ0v) is 15.9. The van der Waals surface area contributed by atoms with Crippen LogP contribution in [-0.2, 0) is 7.05 Å². The van der Waals surface area contributed by atoms with E-state index >= 15 is 0 Å². The average Bonchev–Trinajstić information content (AvgIpc) is 3.29. The molecule has 5 nitrogen and oxygen atoms in total. The van der Waals surface area contributed by atoms with Gasteiger partial charge >= 0.3 is 0 Å². The molecule has 1 N–H and O–H groups in total. The summed E-state index contributed by atoms with van der Waals surface area (Å²) in [6.45, 7) is 2.15. The fraction of sp³-hybridized carbons (Fsp3) is 0.286. The predicted octanol–water partition coefficient (Wildman–Crippen LogP) is 4.19. The number of rotatable bonds is 2. The van der Waals surface area contributed by atoms with Crippen LogP contribution < -0.4 is 5.32 Å². The molecule has 1 saturated heterocycles. The van der Waals surface area contributed by atoms with E-state index in [4.69, 9.17) is 4.98 Å². The van der Waals surface area contributed by atoms with Crippen molar-refractivity contribution in [2.45, 2.75) is 18.8 Å². The second-order valence-corrected chi connectivity index (χ2v) is 8.20. The molecule has 0 bridgehead atoms. The van der Waals surface area contributed by atoms with E-state index in [0.29, 0.717) is 11.5 Å². The fourth-order valence-corrected chi connectivity index (χ4v) is 5.05. The van der Waals surface area contributed by atoms with E-state index in [1.807, 2.05) is 30.6 Å². The van der Waals surface area contributed by atoms with E-state index in [9.17, 15) is 5.26 Å². The monoisotopic (exact) mass is 373 g/mol. The van der Waals surface area contributed by atoms with Crippen LogP contribution in [-0.4, -0.2) is 27.9 Å². The highest BCUT2D eigenvalue weighted by molar-refractivity contribution is 7.18. The number of benzene rings is 2.